The number of Topliss-reactive ketones (excluding diaryl/α,β-unsaturated/α-hetero) is 1. The SMILES string of the molecule is C[C@@H](C(=O)OC(c1cccc2ccccc12)c1cccc2ccccc12)N1C(=O)C(=O)c2ccccc21. The Morgan fingerprint density at radius 2 is 1.19 bits per heavy atom. The van der Waals surface area contributed by atoms with Crippen molar-refractivity contribution in [2.24, 2.45) is 0 Å². The van der Waals surface area contributed by atoms with E-state index in [1.165, 1.54) is 4.90 Å². The van der Waals surface area contributed by atoms with Gasteiger partial charge in [-0.3, -0.25) is 14.5 Å². The molecule has 0 radical (unpaired) electrons. The maximum absolute atomic E-state index is 13.7. The number of ether oxygens (including phenoxy) is 1. The molecule has 37 heavy (non-hydrogen) atoms. The fourth-order valence-corrected chi connectivity index (χ4v) is 5.17. The molecule has 0 saturated heterocycles. The first-order valence-electron chi connectivity index (χ1n) is 12.2. The molecule has 1 amide bonds. The van der Waals surface area contributed by atoms with E-state index in [1.807, 2.05) is 84.9 Å². The van der Waals surface area contributed by atoms with E-state index < -0.39 is 29.8 Å². The molecule has 0 bridgehead atoms. The molecule has 5 aromatic carbocycles. The Hall–Kier alpha value is -4.77. The number of ketones is 1. The van der Waals surface area contributed by atoms with Crippen molar-refractivity contribution in [3.63, 3.8) is 0 Å². The molecule has 0 spiro atoms. The van der Waals surface area contributed by atoms with Crippen molar-refractivity contribution < 1.29 is 19.1 Å². The van der Waals surface area contributed by atoms with Crippen LogP contribution < -0.4 is 4.90 Å². The van der Waals surface area contributed by atoms with Crippen LogP contribution >= 0.6 is 0 Å². The Morgan fingerprint density at radius 3 is 1.81 bits per heavy atom. The number of anilines is 1. The fraction of sp³-hybridized carbons (Fsp3) is 0.0938. The lowest BCUT2D eigenvalue weighted by atomic mass is 9.92. The summed E-state index contributed by atoms with van der Waals surface area (Å²) in [6.07, 6.45) is -0.726. The van der Waals surface area contributed by atoms with Crippen molar-refractivity contribution >= 4 is 44.9 Å². The van der Waals surface area contributed by atoms with E-state index in [9.17, 15) is 14.4 Å². The summed E-state index contributed by atoms with van der Waals surface area (Å²) in [6, 6.07) is 33.5. The third kappa shape index (κ3) is 3.76. The zero-order chi connectivity index (χ0) is 25.5. The summed E-state index contributed by atoms with van der Waals surface area (Å²) in [6.45, 7) is 1.60. The number of hydrogen-bond acceptors (Lipinski definition) is 4. The lowest BCUT2D eigenvalue weighted by Crippen LogP contribution is -2.43. The van der Waals surface area contributed by atoms with Gasteiger partial charge in [0.2, 0.25) is 0 Å². The summed E-state index contributed by atoms with van der Waals surface area (Å²) in [5, 5.41) is 4.01. The molecule has 0 N–H and O–H groups in total. The van der Waals surface area contributed by atoms with E-state index in [0.29, 0.717) is 11.3 Å². The zero-order valence-corrected chi connectivity index (χ0v) is 20.1. The van der Waals surface area contributed by atoms with Gasteiger partial charge in [0, 0.05) is 11.1 Å². The first-order chi connectivity index (χ1) is 18.0. The van der Waals surface area contributed by atoms with E-state index in [1.54, 1.807) is 31.2 Å². The number of hydrogen-bond donors (Lipinski definition) is 0. The van der Waals surface area contributed by atoms with Gasteiger partial charge in [-0.15, -0.1) is 0 Å². The summed E-state index contributed by atoms with van der Waals surface area (Å²) in [5.41, 5.74) is 2.42. The number of carbonyl (C=O) groups is 3. The van der Waals surface area contributed by atoms with Crippen molar-refractivity contribution in [3.8, 4) is 0 Å². The number of benzene rings is 5. The molecule has 6 rings (SSSR count). The first-order valence-corrected chi connectivity index (χ1v) is 12.2. The average molecular weight is 486 g/mol. The third-order valence-electron chi connectivity index (χ3n) is 7.00. The predicted molar refractivity (Wildman–Crippen MR) is 144 cm³/mol. The second-order valence-corrected chi connectivity index (χ2v) is 9.15. The highest BCUT2D eigenvalue weighted by molar-refractivity contribution is 6.52. The van der Waals surface area contributed by atoms with Gasteiger partial charge in [-0.05, 0) is 40.6 Å². The molecule has 5 heteroatoms. The standard InChI is InChI=1S/C32H23NO4/c1-20(33-28-19-7-6-16-27(28)29(34)31(33)35)32(36)37-30(25-17-8-12-21-10-2-4-14-23(21)25)26-18-9-13-22-11-3-5-15-24(22)26/h2-20,30H,1H3/t20-/m0/s1. The molecule has 1 aliphatic heterocycles. The van der Waals surface area contributed by atoms with Crippen LogP contribution in [0.25, 0.3) is 21.5 Å². The number of fused-ring (bicyclic) bond motifs is 3. The minimum absolute atomic E-state index is 0.298. The van der Waals surface area contributed by atoms with Gasteiger partial charge < -0.3 is 4.74 Å². The monoisotopic (exact) mass is 485 g/mol. The number of esters is 1. The van der Waals surface area contributed by atoms with Gasteiger partial charge in [-0.25, -0.2) is 4.79 Å². The fourth-order valence-electron chi connectivity index (χ4n) is 5.17. The maximum atomic E-state index is 13.7. The zero-order valence-electron chi connectivity index (χ0n) is 20.1. The van der Waals surface area contributed by atoms with Crippen LogP contribution in [0.1, 0.15) is 34.5 Å². The molecule has 0 aromatic heterocycles. The normalized spacial score (nSPS) is 13.8. The van der Waals surface area contributed by atoms with Crippen LogP contribution in [-0.4, -0.2) is 23.7 Å². The van der Waals surface area contributed by atoms with Gasteiger partial charge in [0.1, 0.15) is 6.04 Å². The number of amides is 1. The number of nitrogens with zero attached hydrogens (tertiary/aromatic N) is 1. The Bertz CT molecular complexity index is 1620. The molecule has 180 valence electrons. The minimum atomic E-state index is -0.993. The van der Waals surface area contributed by atoms with Crippen LogP contribution in [0.15, 0.2) is 109 Å². The van der Waals surface area contributed by atoms with Gasteiger partial charge in [-0.1, -0.05) is 97.1 Å². The van der Waals surface area contributed by atoms with Gasteiger partial charge in [0.05, 0.1) is 11.3 Å². The average Bonchev–Trinajstić information content (AvgIpc) is 3.20. The highest BCUT2D eigenvalue weighted by Crippen LogP contribution is 2.37. The van der Waals surface area contributed by atoms with Gasteiger partial charge in [0.25, 0.3) is 11.7 Å². The minimum Gasteiger partial charge on any atom is -0.451 e. The molecule has 0 aliphatic carbocycles. The number of para-hydroxylation sites is 1. The van der Waals surface area contributed by atoms with Crippen molar-refractivity contribution in [2.45, 2.75) is 19.1 Å². The highest BCUT2D eigenvalue weighted by Gasteiger charge is 2.41. The van der Waals surface area contributed by atoms with E-state index in [4.69, 9.17) is 4.74 Å². The Kier molecular flexibility index (Phi) is 5.53. The van der Waals surface area contributed by atoms with E-state index >= 15 is 0 Å². The van der Waals surface area contributed by atoms with Crippen molar-refractivity contribution in [3.05, 3.63) is 126 Å². The van der Waals surface area contributed by atoms with Gasteiger partial charge >= 0.3 is 5.97 Å². The third-order valence-corrected chi connectivity index (χ3v) is 7.00. The summed E-state index contributed by atoms with van der Waals surface area (Å²) in [7, 11) is 0. The van der Waals surface area contributed by atoms with E-state index in [2.05, 4.69) is 0 Å². The second-order valence-electron chi connectivity index (χ2n) is 9.15. The first kappa shape index (κ1) is 22.7. The van der Waals surface area contributed by atoms with Crippen LogP contribution in [-0.2, 0) is 14.3 Å². The second kappa shape index (κ2) is 9.03. The smallest absolute Gasteiger partial charge is 0.329 e. The molecule has 0 unspecified atom stereocenters. The number of carbonyl (C=O) groups excluding carboxylic acids is 3. The van der Waals surface area contributed by atoms with Crippen LogP contribution in [0.4, 0.5) is 5.69 Å². The summed E-state index contributed by atoms with van der Waals surface area (Å²) < 4.78 is 6.27. The Morgan fingerprint density at radius 1 is 0.676 bits per heavy atom. The van der Waals surface area contributed by atoms with Crippen LogP contribution in [0.2, 0.25) is 0 Å². The van der Waals surface area contributed by atoms with E-state index in [0.717, 1.165) is 32.7 Å². The highest BCUT2D eigenvalue weighted by atomic mass is 16.5. The van der Waals surface area contributed by atoms with Crippen LogP contribution in [0.5, 0.6) is 0 Å². The summed E-state index contributed by atoms with van der Waals surface area (Å²) in [4.78, 5) is 40.3. The molecular weight excluding hydrogens is 462 g/mol. The van der Waals surface area contributed by atoms with Gasteiger partial charge in [0.15, 0.2) is 6.10 Å². The maximum Gasteiger partial charge on any atom is 0.329 e. The molecular formula is C32H23NO4. The molecule has 5 aromatic rings. The van der Waals surface area contributed by atoms with E-state index in [-0.39, 0.29) is 0 Å². The Balaban J connectivity index is 1.45. The quantitative estimate of drug-likeness (QED) is 0.218. The molecule has 5 nitrogen and oxygen atoms in total. The Labute approximate surface area is 213 Å². The number of rotatable bonds is 5. The largest absolute Gasteiger partial charge is 0.451 e. The van der Waals surface area contributed by atoms with Crippen molar-refractivity contribution in [1.82, 2.24) is 0 Å². The lowest BCUT2D eigenvalue weighted by molar-refractivity contribution is -0.149. The van der Waals surface area contributed by atoms with Crippen LogP contribution in [0.3, 0.4) is 0 Å². The summed E-state index contributed by atoms with van der Waals surface area (Å²) >= 11 is 0. The molecule has 1 aliphatic rings. The van der Waals surface area contributed by atoms with Gasteiger partial charge in [-0.2, -0.15) is 0 Å². The topological polar surface area (TPSA) is 63.7 Å². The molecule has 0 saturated carbocycles. The predicted octanol–water partition coefficient (Wildman–Crippen LogP) is 6.24. The summed E-state index contributed by atoms with van der Waals surface area (Å²) in [5.74, 6) is -1.93. The molecule has 1 heterocycles. The lowest BCUT2D eigenvalue weighted by Gasteiger charge is -2.27. The van der Waals surface area contributed by atoms with Crippen molar-refractivity contribution in [2.75, 3.05) is 4.90 Å². The molecule has 1 atom stereocenters. The van der Waals surface area contributed by atoms with Crippen LogP contribution in [0, 0.1) is 0 Å². The van der Waals surface area contributed by atoms with Crippen molar-refractivity contribution in [1.29, 1.82) is 0 Å². The molecule has 0 fully saturated rings.